The van der Waals surface area contributed by atoms with Gasteiger partial charge in [-0.1, -0.05) is 80.2 Å². The number of allylic oxidation sites excluding steroid dienone is 1. The first-order valence-electron chi connectivity index (χ1n) is 11.3. The van der Waals surface area contributed by atoms with Gasteiger partial charge in [-0.25, -0.2) is 0 Å². The number of benzene rings is 2. The van der Waals surface area contributed by atoms with Crippen molar-refractivity contribution in [3.05, 3.63) is 90.3 Å². The van der Waals surface area contributed by atoms with E-state index in [4.69, 9.17) is 0 Å². The summed E-state index contributed by atoms with van der Waals surface area (Å²) < 4.78 is 1.90. The van der Waals surface area contributed by atoms with Crippen molar-refractivity contribution in [2.75, 3.05) is 5.75 Å². The second-order valence-corrected chi connectivity index (χ2v) is 9.23. The molecule has 0 saturated heterocycles. The lowest BCUT2D eigenvalue weighted by Gasteiger charge is -2.22. The number of hydrogen-bond donors (Lipinski definition) is 2. The van der Waals surface area contributed by atoms with Crippen molar-refractivity contribution in [2.24, 2.45) is 5.92 Å². The maximum atomic E-state index is 12.8. The maximum absolute atomic E-state index is 12.8. The van der Waals surface area contributed by atoms with Crippen LogP contribution in [-0.2, 0) is 11.3 Å². The fourth-order valence-corrected chi connectivity index (χ4v) is 4.29. The van der Waals surface area contributed by atoms with Crippen LogP contribution in [0.5, 0.6) is 0 Å². The van der Waals surface area contributed by atoms with Crippen molar-refractivity contribution in [2.45, 2.75) is 44.6 Å². The molecule has 0 aliphatic heterocycles. The molecular weight excluding hydrogens is 446 g/mol. The molecule has 0 aliphatic rings. The summed E-state index contributed by atoms with van der Waals surface area (Å²) in [5.74, 6) is 0.660. The summed E-state index contributed by atoms with van der Waals surface area (Å²) in [6, 6.07) is 18.5. The Kier molecular flexibility index (Phi) is 9.04. The standard InChI is InChI=1S/C26H31N5O2S/c1-5-16-31-24(23(18(2)3)28-25(33)21-14-10-7-11-15-21)29-30-26(31)34-17-22(32)27-19(4)20-12-8-6-9-13-20/h5-15,18-19,23H,1,16-17H2,2-4H3,(H,27,32)(H,28,33)/t19-,23-/m1/s1. The maximum Gasteiger partial charge on any atom is 0.251 e. The van der Waals surface area contributed by atoms with Crippen LogP contribution in [0.4, 0.5) is 0 Å². The molecule has 34 heavy (non-hydrogen) atoms. The van der Waals surface area contributed by atoms with Crippen molar-refractivity contribution in [3.8, 4) is 0 Å². The smallest absolute Gasteiger partial charge is 0.251 e. The van der Waals surface area contributed by atoms with Gasteiger partial charge in [0, 0.05) is 12.1 Å². The molecule has 1 heterocycles. The predicted molar refractivity (Wildman–Crippen MR) is 135 cm³/mol. The number of aromatic nitrogens is 3. The fourth-order valence-electron chi connectivity index (χ4n) is 3.52. The topological polar surface area (TPSA) is 88.9 Å². The SMILES string of the molecule is C=CCn1c(SCC(=O)N[C@H](C)c2ccccc2)nnc1[C@H](NC(=O)c1ccccc1)C(C)C. The third-order valence-corrected chi connectivity index (χ3v) is 6.30. The van der Waals surface area contributed by atoms with E-state index in [0.717, 1.165) is 5.56 Å². The van der Waals surface area contributed by atoms with E-state index < -0.39 is 0 Å². The van der Waals surface area contributed by atoms with Gasteiger partial charge in [-0.2, -0.15) is 0 Å². The lowest BCUT2D eigenvalue weighted by atomic mass is 10.0. The molecule has 0 radical (unpaired) electrons. The number of thioether (sulfide) groups is 1. The van der Waals surface area contributed by atoms with Gasteiger partial charge in [0.25, 0.3) is 5.91 Å². The molecule has 1 aromatic heterocycles. The summed E-state index contributed by atoms with van der Waals surface area (Å²) in [5.41, 5.74) is 1.63. The van der Waals surface area contributed by atoms with Gasteiger partial charge in [0.2, 0.25) is 5.91 Å². The van der Waals surface area contributed by atoms with Crippen molar-refractivity contribution in [1.82, 2.24) is 25.4 Å². The molecule has 8 heteroatoms. The molecule has 0 spiro atoms. The fraction of sp³-hybridized carbons (Fsp3) is 0.308. The Morgan fingerprint density at radius 1 is 1.00 bits per heavy atom. The number of amides is 2. The van der Waals surface area contributed by atoms with Crippen LogP contribution in [0.2, 0.25) is 0 Å². The highest BCUT2D eigenvalue weighted by Crippen LogP contribution is 2.26. The predicted octanol–water partition coefficient (Wildman–Crippen LogP) is 4.56. The Hall–Kier alpha value is -3.39. The molecule has 0 unspecified atom stereocenters. The van der Waals surface area contributed by atoms with Crippen LogP contribution >= 0.6 is 11.8 Å². The number of carbonyl (C=O) groups excluding carboxylic acids is 2. The van der Waals surface area contributed by atoms with E-state index in [2.05, 4.69) is 27.4 Å². The molecule has 2 atom stereocenters. The zero-order valence-corrected chi connectivity index (χ0v) is 20.6. The first-order valence-corrected chi connectivity index (χ1v) is 12.3. The average molecular weight is 478 g/mol. The van der Waals surface area contributed by atoms with E-state index in [1.165, 1.54) is 11.8 Å². The summed E-state index contributed by atoms with van der Waals surface area (Å²) in [6.07, 6.45) is 1.75. The molecule has 3 rings (SSSR count). The summed E-state index contributed by atoms with van der Waals surface area (Å²) in [4.78, 5) is 25.4. The molecular formula is C26H31N5O2S. The van der Waals surface area contributed by atoms with Gasteiger partial charge in [-0.3, -0.25) is 9.59 Å². The van der Waals surface area contributed by atoms with Crippen LogP contribution < -0.4 is 10.6 Å². The molecule has 7 nitrogen and oxygen atoms in total. The Morgan fingerprint density at radius 2 is 1.65 bits per heavy atom. The van der Waals surface area contributed by atoms with Crippen LogP contribution in [0.1, 0.15) is 54.6 Å². The lowest BCUT2D eigenvalue weighted by molar-refractivity contribution is -0.119. The zero-order chi connectivity index (χ0) is 24.5. The Bertz CT molecular complexity index is 1100. The van der Waals surface area contributed by atoms with Crippen LogP contribution in [0.15, 0.2) is 78.5 Å². The van der Waals surface area contributed by atoms with E-state index in [1.54, 1.807) is 18.2 Å². The summed E-state index contributed by atoms with van der Waals surface area (Å²) >= 11 is 1.31. The Morgan fingerprint density at radius 3 is 2.26 bits per heavy atom. The first-order chi connectivity index (χ1) is 16.4. The Labute approximate surface area is 205 Å². The first kappa shape index (κ1) is 25.2. The van der Waals surface area contributed by atoms with Gasteiger partial charge < -0.3 is 15.2 Å². The van der Waals surface area contributed by atoms with Crippen LogP contribution in [0.3, 0.4) is 0 Å². The van der Waals surface area contributed by atoms with Crippen molar-refractivity contribution < 1.29 is 9.59 Å². The van der Waals surface area contributed by atoms with E-state index in [-0.39, 0.29) is 35.6 Å². The second kappa shape index (κ2) is 12.2. The normalized spacial score (nSPS) is 12.7. The van der Waals surface area contributed by atoms with Gasteiger partial charge in [0.05, 0.1) is 17.8 Å². The minimum Gasteiger partial charge on any atom is -0.349 e. The molecule has 178 valence electrons. The number of hydrogen-bond acceptors (Lipinski definition) is 5. The third-order valence-electron chi connectivity index (χ3n) is 5.33. The van der Waals surface area contributed by atoms with Crippen molar-refractivity contribution in [3.63, 3.8) is 0 Å². The molecule has 2 aromatic carbocycles. The highest BCUT2D eigenvalue weighted by molar-refractivity contribution is 7.99. The molecule has 3 aromatic rings. The van der Waals surface area contributed by atoms with Gasteiger partial charge in [-0.15, -0.1) is 16.8 Å². The van der Waals surface area contributed by atoms with Crippen LogP contribution in [-0.4, -0.2) is 32.3 Å². The van der Waals surface area contributed by atoms with Crippen LogP contribution in [0.25, 0.3) is 0 Å². The number of rotatable bonds is 11. The number of nitrogens with zero attached hydrogens (tertiary/aromatic N) is 3. The molecule has 0 saturated carbocycles. The zero-order valence-electron chi connectivity index (χ0n) is 19.8. The van der Waals surface area contributed by atoms with E-state index in [9.17, 15) is 9.59 Å². The highest BCUT2D eigenvalue weighted by Gasteiger charge is 2.26. The van der Waals surface area contributed by atoms with Crippen molar-refractivity contribution in [1.29, 1.82) is 0 Å². The summed E-state index contributed by atoms with van der Waals surface area (Å²) in [5, 5.41) is 15.4. The average Bonchev–Trinajstić information content (AvgIpc) is 3.24. The Balaban J connectivity index is 1.71. The van der Waals surface area contributed by atoms with E-state index in [1.807, 2.05) is 73.9 Å². The van der Waals surface area contributed by atoms with E-state index >= 15 is 0 Å². The van der Waals surface area contributed by atoms with Crippen LogP contribution in [0, 0.1) is 5.92 Å². The molecule has 0 aliphatic carbocycles. The monoisotopic (exact) mass is 477 g/mol. The summed E-state index contributed by atoms with van der Waals surface area (Å²) in [7, 11) is 0. The minimum absolute atomic E-state index is 0.0771. The van der Waals surface area contributed by atoms with Gasteiger partial charge in [0.1, 0.15) is 0 Å². The highest BCUT2D eigenvalue weighted by atomic mass is 32.2. The van der Waals surface area contributed by atoms with Crippen molar-refractivity contribution >= 4 is 23.6 Å². The second-order valence-electron chi connectivity index (χ2n) is 8.29. The molecule has 2 amide bonds. The molecule has 0 bridgehead atoms. The van der Waals surface area contributed by atoms with Gasteiger partial charge >= 0.3 is 0 Å². The number of nitrogens with one attached hydrogen (secondary N) is 2. The van der Waals surface area contributed by atoms with Gasteiger partial charge in [-0.05, 0) is 30.5 Å². The quantitative estimate of drug-likeness (QED) is 0.312. The largest absolute Gasteiger partial charge is 0.349 e. The lowest BCUT2D eigenvalue weighted by Crippen LogP contribution is -2.33. The van der Waals surface area contributed by atoms with Gasteiger partial charge in [0.15, 0.2) is 11.0 Å². The summed E-state index contributed by atoms with van der Waals surface area (Å²) in [6.45, 7) is 10.3. The number of carbonyl (C=O) groups is 2. The minimum atomic E-state index is -0.346. The molecule has 2 N–H and O–H groups in total. The third kappa shape index (κ3) is 6.57. The molecule has 0 fully saturated rings. The van der Waals surface area contributed by atoms with E-state index in [0.29, 0.717) is 23.1 Å².